The molecular formula is C9H16N3O. The van der Waals surface area contributed by atoms with Gasteiger partial charge in [-0.3, -0.25) is 4.79 Å². The Bertz CT molecular complexity index is 183. The van der Waals surface area contributed by atoms with Crippen molar-refractivity contribution in [1.29, 1.82) is 0 Å². The van der Waals surface area contributed by atoms with Gasteiger partial charge in [-0.1, -0.05) is 0 Å². The summed E-state index contributed by atoms with van der Waals surface area (Å²) in [6.07, 6.45) is 2.32. The lowest BCUT2D eigenvalue weighted by molar-refractivity contribution is -0.132. The monoisotopic (exact) mass is 182 g/mol. The number of hydrogen-bond acceptors (Lipinski definition) is 2. The SMILES string of the molecule is O=C(C1CNCC[N]1)N1CCCC1. The van der Waals surface area contributed by atoms with Crippen molar-refractivity contribution in [1.82, 2.24) is 15.5 Å². The Morgan fingerprint density at radius 2 is 2.15 bits per heavy atom. The average Bonchev–Trinajstić information content (AvgIpc) is 2.71. The van der Waals surface area contributed by atoms with Crippen LogP contribution < -0.4 is 10.6 Å². The lowest BCUT2D eigenvalue weighted by Crippen LogP contribution is -2.52. The van der Waals surface area contributed by atoms with Gasteiger partial charge in [0.15, 0.2) is 0 Å². The summed E-state index contributed by atoms with van der Waals surface area (Å²) in [4.78, 5) is 13.7. The largest absolute Gasteiger partial charge is 0.341 e. The molecule has 1 amide bonds. The van der Waals surface area contributed by atoms with Crippen LogP contribution in [-0.2, 0) is 4.79 Å². The summed E-state index contributed by atoms with van der Waals surface area (Å²) in [6.45, 7) is 4.30. The number of rotatable bonds is 1. The van der Waals surface area contributed by atoms with Crippen molar-refractivity contribution in [2.45, 2.75) is 18.9 Å². The molecule has 4 heteroatoms. The van der Waals surface area contributed by atoms with Crippen LogP contribution in [-0.4, -0.2) is 49.6 Å². The molecule has 2 aliphatic heterocycles. The third-order valence-corrected chi connectivity index (χ3v) is 2.68. The van der Waals surface area contributed by atoms with E-state index in [1.54, 1.807) is 0 Å². The predicted octanol–water partition coefficient (Wildman–Crippen LogP) is -0.815. The molecule has 1 atom stereocenters. The molecule has 0 saturated carbocycles. The molecular weight excluding hydrogens is 166 g/mol. The highest BCUT2D eigenvalue weighted by atomic mass is 16.2. The quantitative estimate of drug-likeness (QED) is 0.576. The van der Waals surface area contributed by atoms with Gasteiger partial charge in [-0.05, 0) is 12.8 Å². The van der Waals surface area contributed by atoms with E-state index in [9.17, 15) is 4.79 Å². The number of carbonyl (C=O) groups is 1. The lowest BCUT2D eigenvalue weighted by atomic mass is 10.2. The summed E-state index contributed by atoms with van der Waals surface area (Å²) in [7, 11) is 0. The summed E-state index contributed by atoms with van der Waals surface area (Å²) < 4.78 is 0. The molecule has 4 nitrogen and oxygen atoms in total. The van der Waals surface area contributed by atoms with Gasteiger partial charge in [0.05, 0.1) is 0 Å². The molecule has 2 fully saturated rings. The van der Waals surface area contributed by atoms with Crippen LogP contribution in [0.5, 0.6) is 0 Å². The predicted molar refractivity (Wildman–Crippen MR) is 49.5 cm³/mol. The molecule has 2 heterocycles. The number of hydrogen-bond donors (Lipinski definition) is 1. The fourth-order valence-electron chi connectivity index (χ4n) is 1.92. The zero-order chi connectivity index (χ0) is 9.10. The van der Waals surface area contributed by atoms with Crippen LogP contribution in [0.3, 0.4) is 0 Å². The van der Waals surface area contributed by atoms with Crippen LogP contribution >= 0.6 is 0 Å². The molecule has 2 aliphatic rings. The first-order valence-electron chi connectivity index (χ1n) is 5.04. The number of nitrogens with one attached hydrogen (secondary N) is 1. The number of amides is 1. The second-order valence-corrected chi connectivity index (χ2v) is 3.66. The topological polar surface area (TPSA) is 46.4 Å². The Hall–Kier alpha value is -0.610. The molecule has 1 radical (unpaired) electrons. The summed E-state index contributed by atoms with van der Waals surface area (Å²) >= 11 is 0. The Balaban J connectivity index is 1.87. The third kappa shape index (κ3) is 2.00. The molecule has 1 unspecified atom stereocenters. The molecule has 0 aromatic heterocycles. The van der Waals surface area contributed by atoms with Gasteiger partial charge < -0.3 is 10.2 Å². The van der Waals surface area contributed by atoms with Crippen molar-refractivity contribution in [2.75, 3.05) is 32.7 Å². The van der Waals surface area contributed by atoms with Crippen molar-refractivity contribution in [2.24, 2.45) is 0 Å². The summed E-state index contributed by atoms with van der Waals surface area (Å²) in [5.41, 5.74) is 0. The van der Waals surface area contributed by atoms with Gasteiger partial charge in [-0.2, -0.15) is 0 Å². The highest BCUT2D eigenvalue weighted by molar-refractivity contribution is 5.82. The normalized spacial score (nSPS) is 29.2. The Morgan fingerprint density at radius 3 is 2.77 bits per heavy atom. The zero-order valence-corrected chi connectivity index (χ0v) is 7.83. The van der Waals surface area contributed by atoms with Gasteiger partial charge >= 0.3 is 0 Å². The number of piperazine rings is 1. The second-order valence-electron chi connectivity index (χ2n) is 3.66. The molecule has 13 heavy (non-hydrogen) atoms. The van der Waals surface area contributed by atoms with Crippen molar-refractivity contribution < 1.29 is 4.79 Å². The minimum atomic E-state index is -0.105. The fraction of sp³-hybridized carbons (Fsp3) is 0.889. The molecule has 0 aliphatic carbocycles. The van der Waals surface area contributed by atoms with Gasteiger partial charge in [0.1, 0.15) is 6.04 Å². The van der Waals surface area contributed by atoms with E-state index in [4.69, 9.17) is 0 Å². The van der Waals surface area contributed by atoms with Crippen LogP contribution in [0.4, 0.5) is 0 Å². The molecule has 0 bridgehead atoms. The molecule has 2 rings (SSSR count). The van der Waals surface area contributed by atoms with Gasteiger partial charge in [0, 0.05) is 32.7 Å². The zero-order valence-electron chi connectivity index (χ0n) is 7.83. The molecule has 0 spiro atoms. The summed E-state index contributed by atoms with van der Waals surface area (Å²) in [6, 6.07) is -0.105. The molecule has 1 N–H and O–H groups in total. The second kappa shape index (κ2) is 4.07. The summed E-state index contributed by atoms with van der Waals surface area (Å²) in [5, 5.41) is 7.52. The molecule has 0 aromatic rings. The maximum Gasteiger partial charge on any atom is 0.242 e. The van der Waals surface area contributed by atoms with Crippen molar-refractivity contribution in [3.05, 3.63) is 0 Å². The number of likely N-dealkylation sites (tertiary alicyclic amines) is 1. The standard InChI is InChI=1S/C9H16N3O/c13-9(12-5-1-2-6-12)8-7-10-3-4-11-8/h8,10H,1-7H2. The van der Waals surface area contributed by atoms with E-state index in [1.165, 1.54) is 0 Å². The maximum atomic E-state index is 11.8. The van der Waals surface area contributed by atoms with Gasteiger partial charge in [0.25, 0.3) is 0 Å². The average molecular weight is 182 g/mol. The van der Waals surface area contributed by atoms with E-state index in [0.29, 0.717) is 0 Å². The first kappa shape index (κ1) is 8.97. The highest BCUT2D eigenvalue weighted by Crippen LogP contribution is 2.09. The number of nitrogens with zero attached hydrogens (tertiary/aromatic N) is 2. The molecule has 2 saturated heterocycles. The Morgan fingerprint density at radius 1 is 1.38 bits per heavy atom. The highest BCUT2D eigenvalue weighted by Gasteiger charge is 2.27. The van der Waals surface area contributed by atoms with E-state index in [1.807, 2.05) is 4.90 Å². The first-order valence-corrected chi connectivity index (χ1v) is 5.04. The Labute approximate surface area is 78.7 Å². The summed E-state index contributed by atoms with van der Waals surface area (Å²) in [5.74, 6) is 0.227. The van der Waals surface area contributed by atoms with Crippen LogP contribution in [0.2, 0.25) is 0 Å². The molecule has 73 valence electrons. The van der Waals surface area contributed by atoms with Crippen molar-refractivity contribution in [3.63, 3.8) is 0 Å². The number of carbonyl (C=O) groups excluding carboxylic acids is 1. The smallest absolute Gasteiger partial charge is 0.242 e. The minimum Gasteiger partial charge on any atom is -0.341 e. The van der Waals surface area contributed by atoms with Gasteiger partial charge in [0.2, 0.25) is 5.91 Å². The van der Waals surface area contributed by atoms with Crippen LogP contribution in [0.25, 0.3) is 0 Å². The third-order valence-electron chi connectivity index (χ3n) is 2.68. The van der Waals surface area contributed by atoms with Crippen molar-refractivity contribution in [3.8, 4) is 0 Å². The van der Waals surface area contributed by atoms with Crippen LogP contribution in [0, 0.1) is 0 Å². The van der Waals surface area contributed by atoms with E-state index in [-0.39, 0.29) is 11.9 Å². The maximum absolute atomic E-state index is 11.8. The van der Waals surface area contributed by atoms with Crippen LogP contribution in [0.15, 0.2) is 0 Å². The van der Waals surface area contributed by atoms with Crippen LogP contribution in [0.1, 0.15) is 12.8 Å². The van der Waals surface area contributed by atoms with E-state index in [0.717, 1.165) is 45.6 Å². The van der Waals surface area contributed by atoms with E-state index in [2.05, 4.69) is 10.6 Å². The molecule has 0 aromatic carbocycles. The van der Waals surface area contributed by atoms with E-state index < -0.39 is 0 Å². The Kier molecular flexibility index (Phi) is 2.80. The lowest BCUT2D eigenvalue weighted by Gasteiger charge is -2.26. The van der Waals surface area contributed by atoms with Gasteiger partial charge in [-0.25, -0.2) is 5.32 Å². The first-order chi connectivity index (χ1) is 6.38. The van der Waals surface area contributed by atoms with E-state index >= 15 is 0 Å². The van der Waals surface area contributed by atoms with Crippen molar-refractivity contribution >= 4 is 5.91 Å². The fourth-order valence-corrected chi connectivity index (χ4v) is 1.92. The minimum absolute atomic E-state index is 0.105. The van der Waals surface area contributed by atoms with Gasteiger partial charge in [-0.15, -0.1) is 0 Å².